The quantitative estimate of drug-likeness (QED) is 0.871. The van der Waals surface area contributed by atoms with E-state index in [0.29, 0.717) is 6.54 Å². The number of hydrogen-bond acceptors (Lipinski definition) is 5. The zero-order valence-corrected chi connectivity index (χ0v) is 13.6. The van der Waals surface area contributed by atoms with Crippen molar-refractivity contribution in [2.45, 2.75) is 20.3 Å². The summed E-state index contributed by atoms with van der Waals surface area (Å²) in [5.41, 5.74) is -0.364. The number of hydrogen-bond donors (Lipinski definition) is 2. The average Bonchev–Trinajstić information content (AvgIpc) is 2.84. The second-order valence-corrected chi connectivity index (χ2v) is 5.99. The van der Waals surface area contributed by atoms with Crippen LogP contribution in [0.2, 0.25) is 0 Å². The summed E-state index contributed by atoms with van der Waals surface area (Å²) < 4.78 is 0.850. The molecule has 2 heterocycles. The summed E-state index contributed by atoms with van der Waals surface area (Å²) in [5.74, 6) is 1.70. The molecule has 1 fully saturated rings. The van der Waals surface area contributed by atoms with Gasteiger partial charge in [0.25, 0.3) is 0 Å². The van der Waals surface area contributed by atoms with Crippen LogP contribution in [0.4, 0.5) is 11.6 Å². The Kier molecular flexibility index (Phi) is 4.47. The monoisotopic (exact) mass is 341 g/mol. The highest BCUT2D eigenvalue weighted by atomic mass is 79.9. The minimum absolute atomic E-state index is 0.0806. The van der Waals surface area contributed by atoms with Gasteiger partial charge in [-0.15, -0.1) is 0 Å². The molecule has 2 rings (SSSR count). The number of nitrogens with one attached hydrogen (secondary N) is 2. The van der Waals surface area contributed by atoms with Crippen LogP contribution in [0.15, 0.2) is 10.8 Å². The Hall–Kier alpha value is -1.37. The lowest BCUT2D eigenvalue weighted by Crippen LogP contribution is -2.39. The molecule has 1 aromatic rings. The summed E-state index contributed by atoms with van der Waals surface area (Å²) in [6.07, 6.45) is 2.37. The highest BCUT2D eigenvalue weighted by molar-refractivity contribution is 9.10. The molecule has 7 heteroatoms. The molecular formula is C13H20BrN5O. The van der Waals surface area contributed by atoms with E-state index in [1.54, 1.807) is 13.4 Å². The van der Waals surface area contributed by atoms with Crippen LogP contribution in [0.3, 0.4) is 0 Å². The number of carbonyl (C=O) groups excluding carboxylic acids is 1. The van der Waals surface area contributed by atoms with Crippen LogP contribution in [0.1, 0.15) is 20.3 Å². The minimum Gasteiger partial charge on any atom is -0.369 e. The van der Waals surface area contributed by atoms with E-state index in [0.717, 1.165) is 35.6 Å². The first kappa shape index (κ1) is 15.0. The number of carbonyl (C=O) groups is 1. The smallest absolute Gasteiger partial charge is 0.227 e. The van der Waals surface area contributed by atoms with E-state index >= 15 is 0 Å². The van der Waals surface area contributed by atoms with Gasteiger partial charge >= 0.3 is 0 Å². The maximum atomic E-state index is 12.0. The molecule has 6 nitrogen and oxygen atoms in total. The number of halogens is 1. The van der Waals surface area contributed by atoms with Crippen LogP contribution in [-0.4, -0.2) is 42.6 Å². The Morgan fingerprint density at radius 3 is 2.95 bits per heavy atom. The van der Waals surface area contributed by atoms with E-state index in [2.05, 4.69) is 41.4 Å². The van der Waals surface area contributed by atoms with Crippen molar-refractivity contribution in [3.8, 4) is 0 Å². The lowest BCUT2D eigenvalue weighted by atomic mass is 9.89. The number of anilines is 2. The third-order valence-corrected chi connectivity index (χ3v) is 4.39. The second-order valence-electron chi connectivity index (χ2n) is 5.20. The molecule has 1 aliphatic heterocycles. The second kappa shape index (κ2) is 5.95. The molecule has 0 saturated carbocycles. The molecule has 1 atom stereocenters. The standard InChI is InChI=1S/C13H20BrN5O/c1-4-16-10-9(14)11(18-8-17-10)19-6-5-13(2,7-19)12(20)15-3/h8H,4-7H2,1-3H3,(H,15,20)(H,16,17,18). The Morgan fingerprint density at radius 1 is 1.55 bits per heavy atom. The third-order valence-electron chi connectivity index (χ3n) is 3.66. The largest absolute Gasteiger partial charge is 0.369 e. The maximum Gasteiger partial charge on any atom is 0.227 e. The van der Waals surface area contributed by atoms with Crippen LogP contribution in [-0.2, 0) is 4.79 Å². The van der Waals surface area contributed by atoms with Crippen LogP contribution in [0.25, 0.3) is 0 Å². The number of amides is 1. The normalized spacial score (nSPS) is 21.9. The van der Waals surface area contributed by atoms with Crippen molar-refractivity contribution in [3.05, 3.63) is 10.8 Å². The summed E-state index contributed by atoms with van der Waals surface area (Å²) in [7, 11) is 1.68. The fraction of sp³-hybridized carbons (Fsp3) is 0.615. The summed E-state index contributed by atoms with van der Waals surface area (Å²) in [6.45, 7) is 6.28. The van der Waals surface area contributed by atoms with Crippen molar-refractivity contribution < 1.29 is 4.79 Å². The first-order valence-corrected chi connectivity index (χ1v) is 7.52. The molecule has 1 aromatic heterocycles. The molecule has 0 bridgehead atoms. The topological polar surface area (TPSA) is 70.2 Å². The predicted octanol–water partition coefficient (Wildman–Crippen LogP) is 1.63. The molecular weight excluding hydrogens is 322 g/mol. The Balaban J connectivity index is 2.22. The minimum atomic E-state index is -0.364. The van der Waals surface area contributed by atoms with Crippen molar-refractivity contribution >= 4 is 33.5 Å². The zero-order chi connectivity index (χ0) is 14.8. The molecule has 1 aliphatic rings. The lowest BCUT2D eigenvalue weighted by Gasteiger charge is -2.24. The fourth-order valence-corrected chi connectivity index (χ4v) is 3.10. The van der Waals surface area contributed by atoms with Gasteiger partial charge in [0.2, 0.25) is 5.91 Å². The maximum absolute atomic E-state index is 12.0. The number of aromatic nitrogens is 2. The van der Waals surface area contributed by atoms with Gasteiger partial charge in [-0.25, -0.2) is 9.97 Å². The van der Waals surface area contributed by atoms with Crippen molar-refractivity contribution in [2.75, 3.05) is 36.9 Å². The Bertz CT molecular complexity index is 510. The SMILES string of the molecule is CCNc1ncnc(N2CCC(C)(C(=O)NC)C2)c1Br. The van der Waals surface area contributed by atoms with Gasteiger partial charge in [0.05, 0.1) is 5.41 Å². The van der Waals surface area contributed by atoms with E-state index in [4.69, 9.17) is 0 Å². The highest BCUT2D eigenvalue weighted by Crippen LogP contribution is 2.37. The zero-order valence-electron chi connectivity index (χ0n) is 12.0. The molecule has 110 valence electrons. The summed E-state index contributed by atoms with van der Waals surface area (Å²) in [4.78, 5) is 22.7. The molecule has 1 amide bonds. The molecule has 2 N–H and O–H groups in total. The molecule has 1 unspecified atom stereocenters. The van der Waals surface area contributed by atoms with Gasteiger partial charge in [-0.2, -0.15) is 0 Å². The van der Waals surface area contributed by atoms with E-state index in [1.165, 1.54) is 0 Å². The first-order chi connectivity index (χ1) is 9.51. The highest BCUT2D eigenvalue weighted by Gasteiger charge is 2.40. The predicted molar refractivity (Wildman–Crippen MR) is 82.9 cm³/mol. The van der Waals surface area contributed by atoms with Gasteiger partial charge in [-0.05, 0) is 36.2 Å². The van der Waals surface area contributed by atoms with Crippen molar-refractivity contribution in [2.24, 2.45) is 5.41 Å². The molecule has 1 saturated heterocycles. The van der Waals surface area contributed by atoms with Crippen molar-refractivity contribution in [3.63, 3.8) is 0 Å². The van der Waals surface area contributed by atoms with Crippen LogP contribution < -0.4 is 15.5 Å². The third kappa shape index (κ3) is 2.72. The van der Waals surface area contributed by atoms with Crippen LogP contribution in [0.5, 0.6) is 0 Å². The Morgan fingerprint density at radius 2 is 2.30 bits per heavy atom. The van der Waals surface area contributed by atoms with Gasteiger partial charge in [0.15, 0.2) is 0 Å². The Labute approximate surface area is 127 Å². The number of rotatable bonds is 4. The molecule has 0 spiro atoms. The average molecular weight is 342 g/mol. The van der Waals surface area contributed by atoms with Gasteiger partial charge in [0, 0.05) is 26.7 Å². The first-order valence-electron chi connectivity index (χ1n) is 6.73. The van der Waals surface area contributed by atoms with E-state index in [9.17, 15) is 4.79 Å². The van der Waals surface area contributed by atoms with E-state index in [-0.39, 0.29) is 11.3 Å². The molecule has 20 heavy (non-hydrogen) atoms. The molecule has 0 aliphatic carbocycles. The van der Waals surface area contributed by atoms with Gasteiger partial charge < -0.3 is 15.5 Å². The van der Waals surface area contributed by atoms with Gasteiger partial charge in [0.1, 0.15) is 22.4 Å². The molecule has 0 aromatic carbocycles. The fourth-order valence-electron chi connectivity index (χ4n) is 2.50. The van der Waals surface area contributed by atoms with Crippen molar-refractivity contribution in [1.29, 1.82) is 0 Å². The lowest BCUT2D eigenvalue weighted by molar-refractivity contribution is -0.128. The van der Waals surface area contributed by atoms with Crippen LogP contribution in [0, 0.1) is 5.41 Å². The van der Waals surface area contributed by atoms with Crippen LogP contribution >= 0.6 is 15.9 Å². The summed E-state index contributed by atoms with van der Waals surface area (Å²) >= 11 is 3.55. The van der Waals surface area contributed by atoms with Gasteiger partial charge in [-0.1, -0.05) is 0 Å². The van der Waals surface area contributed by atoms with E-state index < -0.39 is 0 Å². The van der Waals surface area contributed by atoms with E-state index in [1.807, 2.05) is 13.8 Å². The number of nitrogens with zero attached hydrogens (tertiary/aromatic N) is 3. The summed E-state index contributed by atoms with van der Waals surface area (Å²) in [6, 6.07) is 0. The van der Waals surface area contributed by atoms with Crippen molar-refractivity contribution in [1.82, 2.24) is 15.3 Å². The van der Waals surface area contributed by atoms with Gasteiger partial charge in [-0.3, -0.25) is 4.79 Å². The molecule has 0 radical (unpaired) electrons. The summed E-state index contributed by atoms with van der Waals surface area (Å²) in [5, 5.41) is 5.93.